The van der Waals surface area contributed by atoms with Gasteiger partial charge in [-0.15, -0.1) is 0 Å². The molecule has 48 valence electrons. The highest BCUT2D eigenvalue weighted by Crippen LogP contribution is 1.99. The molecule has 0 radical (unpaired) electrons. The fraction of sp³-hybridized carbons (Fsp3) is 0. The second-order valence-corrected chi connectivity index (χ2v) is 1.87. The van der Waals surface area contributed by atoms with Gasteiger partial charge in [-0.25, -0.2) is 0 Å². The molecule has 0 N–H and O–H groups in total. The van der Waals surface area contributed by atoms with Crippen LogP contribution in [0.4, 0.5) is 0 Å². The van der Waals surface area contributed by atoms with Crippen LogP contribution in [0.5, 0.6) is 0 Å². The van der Waals surface area contributed by atoms with Gasteiger partial charge in [0, 0.05) is 6.08 Å². The summed E-state index contributed by atoms with van der Waals surface area (Å²) in [7, 11) is 0. The Balaban J connectivity index is 2.79. The van der Waals surface area contributed by atoms with Crippen LogP contribution in [0.1, 0.15) is 5.56 Å². The number of nitrogens with zero attached hydrogens (tertiary/aromatic N) is 1. The van der Waals surface area contributed by atoms with E-state index in [2.05, 4.69) is 0 Å². The van der Waals surface area contributed by atoms with E-state index in [1.807, 2.05) is 36.4 Å². The molecule has 0 aliphatic carbocycles. The van der Waals surface area contributed by atoms with E-state index in [1.54, 1.807) is 6.08 Å². The number of nitriles is 1. The van der Waals surface area contributed by atoms with Crippen molar-refractivity contribution in [2.75, 3.05) is 0 Å². The summed E-state index contributed by atoms with van der Waals surface area (Å²) >= 11 is 0. The van der Waals surface area contributed by atoms with Gasteiger partial charge >= 0.3 is 0 Å². The van der Waals surface area contributed by atoms with E-state index in [9.17, 15) is 0 Å². The molecule has 0 spiro atoms. The van der Waals surface area contributed by atoms with Crippen molar-refractivity contribution in [3.63, 3.8) is 0 Å². The fourth-order valence-corrected chi connectivity index (χ4v) is 0.698. The van der Waals surface area contributed by atoms with Gasteiger partial charge in [-0.2, -0.15) is 5.26 Å². The third-order valence-corrected chi connectivity index (χ3v) is 1.15. The van der Waals surface area contributed by atoms with Crippen LogP contribution < -0.4 is 0 Å². The molecule has 0 aromatic heterocycles. The van der Waals surface area contributed by atoms with Crippen molar-refractivity contribution < 1.29 is 0 Å². The van der Waals surface area contributed by atoms with Gasteiger partial charge < -0.3 is 0 Å². The van der Waals surface area contributed by atoms with Crippen molar-refractivity contribution in [3.05, 3.63) is 42.0 Å². The highest BCUT2D eigenvalue weighted by Gasteiger charge is 1.79. The zero-order chi connectivity index (χ0) is 7.23. The van der Waals surface area contributed by atoms with Gasteiger partial charge in [0.1, 0.15) is 0 Å². The summed E-state index contributed by atoms with van der Waals surface area (Å²) in [6.45, 7) is 0. The summed E-state index contributed by atoms with van der Waals surface area (Å²) in [5.41, 5.74) is 1.06. The Morgan fingerprint density at radius 1 is 1.20 bits per heavy atom. The normalized spacial score (nSPS) is 9.50. The molecule has 0 saturated heterocycles. The van der Waals surface area contributed by atoms with Crippen LogP contribution in [0, 0.1) is 11.3 Å². The second kappa shape index (κ2) is 3.47. The van der Waals surface area contributed by atoms with E-state index in [4.69, 9.17) is 5.26 Å². The van der Waals surface area contributed by atoms with E-state index >= 15 is 0 Å². The Morgan fingerprint density at radius 2 is 1.90 bits per heavy atom. The fourth-order valence-electron chi connectivity index (χ4n) is 0.698. The SMILES string of the molecule is N#[13C]/C=C/c1ccccc1. The molecular formula is C9H7N. The van der Waals surface area contributed by atoms with Crippen LogP contribution in [0.3, 0.4) is 0 Å². The molecule has 1 rings (SSSR count). The lowest BCUT2D eigenvalue weighted by Crippen LogP contribution is -1.65. The molecule has 0 unspecified atom stereocenters. The summed E-state index contributed by atoms with van der Waals surface area (Å²) in [4.78, 5) is 0. The molecule has 1 aromatic rings. The number of hydrogen-bond acceptors (Lipinski definition) is 1. The lowest BCUT2D eigenvalue weighted by Gasteiger charge is -1.86. The van der Waals surface area contributed by atoms with Crippen molar-refractivity contribution in [1.29, 1.82) is 5.26 Å². The minimum Gasteiger partial charge on any atom is -0.193 e. The van der Waals surface area contributed by atoms with Crippen molar-refractivity contribution >= 4 is 6.08 Å². The average Bonchev–Trinajstić information content (AvgIpc) is 2.03. The number of hydrogen-bond donors (Lipinski definition) is 0. The standard InChI is InChI=1S/C9H7N/c10-8-4-7-9-5-2-1-3-6-9/h1-7H/b7-4+/i8+1. The first-order valence-electron chi connectivity index (χ1n) is 3.04. The summed E-state index contributed by atoms with van der Waals surface area (Å²) in [5, 5.41) is 8.19. The lowest BCUT2D eigenvalue weighted by atomic mass is 10.2. The van der Waals surface area contributed by atoms with Crippen LogP contribution in [0.15, 0.2) is 36.4 Å². The minimum atomic E-state index is 1.06. The van der Waals surface area contributed by atoms with Gasteiger partial charge in [-0.05, 0) is 11.6 Å². The van der Waals surface area contributed by atoms with Gasteiger partial charge in [0.05, 0.1) is 6.07 Å². The zero-order valence-electron chi connectivity index (χ0n) is 5.49. The van der Waals surface area contributed by atoms with Crippen LogP contribution in [-0.4, -0.2) is 0 Å². The second-order valence-electron chi connectivity index (χ2n) is 1.87. The summed E-state index contributed by atoms with van der Waals surface area (Å²) in [6.07, 6.45) is 3.25. The molecule has 0 saturated carbocycles. The maximum Gasteiger partial charge on any atom is 0.0912 e. The summed E-state index contributed by atoms with van der Waals surface area (Å²) in [5.74, 6) is 0. The number of rotatable bonds is 1. The Kier molecular flexibility index (Phi) is 2.28. The topological polar surface area (TPSA) is 23.8 Å². The minimum absolute atomic E-state index is 1.06. The van der Waals surface area contributed by atoms with Crippen LogP contribution in [-0.2, 0) is 0 Å². The van der Waals surface area contributed by atoms with Gasteiger partial charge in [0.2, 0.25) is 0 Å². The highest BCUT2D eigenvalue weighted by atomic mass is 14.4. The molecule has 0 amide bonds. The van der Waals surface area contributed by atoms with Crippen LogP contribution in [0.2, 0.25) is 0 Å². The van der Waals surface area contributed by atoms with Crippen molar-refractivity contribution in [1.82, 2.24) is 0 Å². The third kappa shape index (κ3) is 1.75. The molecule has 1 nitrogen and oxygen atoms in total. The maximum absolute atomic E-state index is 8.19. The summed E-state index contributed by atoms with van der Waals surface area (Å²) in [6, 6.07) is 11.7. The molecule has 1 aromatic carbocycles. The molecule has 0 fully saturated rings. The van der Waals surface area contributed by atoms with E-state index in [0.29, 0.717) is 0 Å². The van der Waals surface area contributed by atoms with Gasteiger partial charge in [0.25, 0.3) is 0 Å². The largest absolute Gasteiger partial charge is 0.193 e. The molecule has 0 heterocycles. The highest BCUT2D eigenvalue weighted by molar-refractivity contribution is 5.51. The number of benzene rings is 1. The quantitative estimate of drug-likeness (QED) is 0.422. The van der Waals surface area contributed by atoms with Crippen LogP contribution >= 0.6 is 0 Å². The smallest absolute Gasteiger partial charge is 0.0912 e. The molecular weight excluding hydrogens is 123 g/mol. The van der Waals surface area contributed by atoms with E-state index in [1.165, 1.54) is 6.08 Å². The van der Waals surface area contributed by atoms with Gasteiger partial charge in [-0.1, -0.05) is 30.3 Å². The van der Waals surface area contributed by atoms with Crippen molar-refractivity contribution in [2.24, 2.45) is 0 Å². The average molecular weight is 130 g/mol. The first kappa shape index (κ1) is 6.57. The van der Waals surface area contributed by atoms with Gasteiger partial charge in [0.15, 0.2) is 0 Å². The Bertz CT molecular complexity index is 254. The third-order valence-electron chi connectivity index (χ3n) is 1.15. The summed E-state index contributed by atoms with van der Waals surface area (Å²) < 4.78 is 0. The Hall–Kier alpha value is -1.55. The Morgan fingerprint density at radius 3 is 2.50 bits per heavy atom. The van der Waals surface area contributed by atoms with E-state index in [0.717, 1.165) is 5.56 Å². The monoisotopic (exact) mass is 130 g/mol. The first-order valence-corrected chi connectivity index (χ1v) is 3.04. The molecule has 0 aliphatic heterocycles. The molecule has 0 atom stereocenters. The van der Waals surface area contributed by atoms with Crippen molar-refractivity contribution in [2.45, 2.75) is 0 Å². The van der Waals surface area contributed by atoms with Gasteiger partial charge in [-0.3, -0.25) is 0 Å². The van der Waals surface area contributed by atoms with E-state index < -0.39 is 0 Å². The molecule has 0 bridgehead atoms. The van der Waals surface area contributed by atoms with E-state index in [-0.39, 0.29) is 0 Å². The Labute approximate surface area is 60.2 Å². The van der Waals surface area contributed by atoms with Crippen LogP contribution in [0.25, 0.3) is 6.08 Å². The lowest BCUT2D eigenvalue weighted by molar-refractivity contribution is 1.54. The molecule has 10 heavy (non-hydrogen) atoms. The predicted molar refractivity (Wildman–Crippen MR) is 41.1 cm³/mol. The zero-order valence-corrected chi connectivity index (χ0v) is 5.49. The first-order chi connectivity index (χ1) is 4.93. The molecule has 0 aliphatic rings. The number of allylic oxidation sites excluding steroid dienone is 1. The van der Waals surface area contributed by atoms with Crippen molar-refractivity contribution in [3.8, 4) is 6.07 Å². The molecule has 1 heteroatoms. The maximum atomic E-state index is 8.19. The predicted octanol–water partition coefficient (Wildman–Crippen LogP) is 2.22.